The fourth-order valence-corrected chi connectivity index (χ4v) is 2.08. The van der Waals surface area contributed by atoms with E-state index in [1.807, 2.05) is 36.4 Å². The third-order valence-corrected chi connectivity index (χ3v) is 3.36. The van der Waals surface area contributed by atoms with E-state index in [0.717, 1.165) is 15.9 Å². The van der Waals surface area contributed by atoms with Crippen LogP contribution in [0.2, 0.25) is 0 Å². The average molecular weight is 283 g/mol. The van der Waals surface area contributed by atoms with Crippen molar-refractivity contribution in [2.45, 2.75) is 26.2 Å². The zero-order chi connectivity index (χ0) is 15.5. The number of ether oxygens (including phenoxy) is 1. The molecule has 0 unspecified atom stereocenters. The average Bonchev–Trinajstić information content (AvgIpc) is 2.47. The van der Waals surface area contributed by atoms with Crippen molar-refractivity contribution in [2.75, 3.05) is 7.11 Å². The molecule has 0 atom stereocenters. The summed E-state index contributed by atoms with van der Waals surface area (Å²) in [6.07, 6.45) is 1.56. The lowest BCUT2D eigenvalue weighted by atomic mass is 9.86. The first-order chi connectivity index (χ1) is 9.91. The van der Waals surface area contributed by atoms with Gasteiger partial charge in [0.15, 0.2) is 6.21 Å². The van der Waals surface area contributed by atoms with Crippen LogP contribution in [-0.4, -0.2) is 18.1 Å². The van der Waals surface area contributed by atoms with E-state index >= 15 is 0 Å². The maximum atomic E-state index is 12.2. The van der Waals surface area contributed by atoms with Crippen molar-refractivity contribution in [3.05, 3.63) is 64.9 Å². The second-order valence-electron chi connectivity index (χ2n) is 6.00. The molecule has 21 heavy (non-hydrogen) atoms. The molecular formula is C18H21NO2. The van der Waals surface area contributed by atoms with Gasteiger partial charge in [-0.1, -0.05) is 45.0 Å². The highest BCUT2D eigenvalue weighted by atomic mass is 16.5. The molecule has 0 aromatic heterocycles. The minimum absolute atomic E-state index is 0.0231. The van der Waals surface area contributed by atoms with Crippen LogP contribution in [0.25, 0.3) is 0 Å². The van der Waals surface area contributed by atoms with Gasteiger partial charge < -0.3 is 9.94 Å². The van der Waals surface area contributed by atoms with E-state index in [1.165, 1.54) is 0 Å². The largest absolute Gasteiger partial charge is 0.618 e. The number of nitrogens with zero attached hydrogens (tertiary/aromatic N) is 1. The van der Waals surface area contributed by atoms with Crippen molar-refractivity contribution in [1.82, 2.24) is 0 Å². The van der Waals surface area contributed by atoms with Gasteiger partial charge in [0.2, 0.25) is 5.69 Å². The van der Waals surface area contributed by atoms with Crippen LogP contribution >= 0.6 is 0 Å². The molecule has 3 nitrogen and oxygen atoms in total. The van der Waals surface area contributed by atoms with Crippen LogP contribution in [0.15, 0.2) is 48.5 Å². The van der Waals surface area contributed by atoms with Gasteiger partial charge in [-0.3, -0.25) is 0 Å². The summed E-state index contributed by atoms with van der Waals surface area (Å²) in [5, 5.41) is 12.2. The molecule has 0 spiro atoms. The number of hydrogen-bond acceptors (Lipinski definition) is 2. The van der Waals surface area contributed by atoms with Crippen molar-refractivity contribution in [3.8, 4) is 5.75 Å². The smallest absolute Gasteiger partial charge is 0.216 e. The Morgan fingerprint density at radius 2 is 1.71 bits per heavy atom. The van der Waals surface area contributed by atoms with Crippen LogP contribution in [-0.2, 0) is 5.41 Å². The van der Waals surface area contributed by atoms with Gasteiger partial charge in [0, 0.05) is 12.1 Å². The van der Waals surface area contributed by atoms with Gasteiger partial charge in [0.05, 0.1) is 12.7 Å². The molecule has 2 aromatic rings. The van der Waals surface area contributed by atoms with Crippen LogP contribution in [0.5, 0.6) is 5.75 Å². The minimum atomic E-state index is 0.0231. The molecule has 0 saturated carbocycles. The lowest BCUT2D eigenvalue weighted by molar-refractivity contribution is -0.354. The first-order valence-electron chi connectivity index (χ1n) is 6.96. The summed E-state index contributed by atoms with van der Waals surface area (Å²) in [7, 11) is 1.61. The molecule has 0 bridgehead atoms. The summed E-state index contributed by atoms with van der Waals surface area (Å²) >= 11 is 0. The Labute approximate surface area is 126 Å². The zero-order valence-corrected chi connectivity index (χ0v) is 13.0. The van der Waals surface area contributed by atoms with Gasteiger partial charge in [-0.2, -0.15) is 4.74 Å². The summed E-state index contributed by atoms with van der Waals surface area (Å²) in [6.45, 7) is 6.43. The normalized spacial score (nSPS) is 12.3. The second-order valence-corrected chi connectivity index (χ2v) is 6.00. The van der Waals surface area contributed by atoms with E-state index in [0.29, 0.717) is 11.4 Å². The van der Waals surface area contributed by atoms with Gasteiger partial charge in [0.1, 0.15) is 5.75 Å². The molecule has 0 heterocycles. The predicted molar refractivity (Wildman–Crippen MR) is 86.6 cm³/mol. The molecule has 0 aliphatic carbocycles. The number of methoxy groups -OCH3 is 1. The Hall–Kier alpha value is -2.29. The van der Waals surface area contributed by atoms with Gasteiger partial charge >= 0.3 is 0 Å². The molecule has 0 aliphatic heterocycles. The Kier molecular flexibility index (Phi) is 4.32. The molecular weight excluding hydrogens is 262 g/mol. The Balaban J connectivity index is 2.47. The fraction of sp³-hybridized carbons (Fsp3) is 0.278. The van der Waals surface area contributed by atoms with E-state index in [-0.39, 0.29) is 5.41 Å². The molecule has 0 N–H and O–H groups in total. The fourth-order valence-electron chi connectivity index (χ4n) is 2.08. The highest BCUT2D eigenvalue weighted by molar-refractivity contribution is 5.81. The molecule has 0 fully saturated rings. The highest BCUT2D eigenvalue weighted by Crippen LogP contribution is 2.27. The van der Waals surface area contributed by atoms with E-state index in [2.05, 4.69) is 20.8 Å². The standard InChI is InChI=1S/C18H21NO2/c1-18(2,3)15-10-11-17(21-4)14(12-15)13-19(20)16-8-6-5-7-9-16/h5-13H,1-4H3/b19-13-. The maximum absolute atomic E-state index is 12.2. The van der Waals surface area contributed by atoms with Gasteiger partial charge in [-0.05, 0) is 23.1 Å². The molecule has 0 saturated heterocycles. The van der Waals surface area contributed by atoms with Crippen LogP contribution < -0.4 is 4.74 Å². The van der Waals surface area contributed by atoms with Crippen molar-refractivity contribution < 1.29 is 9.48 Å². The minimum Gasteiger partial charge on any atom is -0.618 e. The number of benzene rings is 2. The van der Waals surface area contributed by atoms with Crippen LogP contribution in [0.4, 0.5) is 5.69 Å². The quantitative estimate of drug-likeness (QED) is 0.365. The van der Waals surface area contributed by atoms with Crippen LogP contribution in [0.1, 0.15) is 31.9 Å². The zero-order valence-electron chi connectivity index (χ0n) is 13.0. The topological polar surface area (TPSA) is 35.3 Å². The van der Waals surface area contributed by atoms with Crippen molar-refractivity contribution in [1.29, 1.82) is 0 Å². The summed E-state index contributed by atoms with van der Waals surface area (Å²) in [5.41, 5.74) is 2.57. The summed E-state index contributed by atoms with van der Waals surface area (Å²) < 4.78 is 6.22. The summed E-state index contributed by atoms with van der Waals surface area (Å²) in [5.74, 6) is 0.694. The molecule has 110 valence electrons. The maximum Gasteiger partial charge on any atom is 0.216 e. The molecule has 0 amide bonds. The van der Waals surface area contributed by atoms with E-state index in [9.17, 15) is 5.21 Å². The molecule has 3 heteroatoms. The van der Waals surface area contributed by atoms with Gasteiger partial charge in [-0.15, -0.1) is 0 Å². The van der Waals surface area contributed by atoms with Crippen LogP contribution in [0.3, 0.4) is 0 Å². The number of hydrogen-bond donors (Lipinski definition) is 0. The van der Waals surface area contributed by atoms with E-state index in [1.54, 1.807) is 25.5 Å². The van der Waals surface area contributed by atoms with Crippen LogP contribution in [0, 0.1) is 5.21 Å². The summed E-state index contributed by atoms with van der Waals surface area (Å²) in [6, 6.07) is 15.1. The van der Waals surface area contributed by atoms with Gasteiger partial charge in [0.25, 0.3) is 0 Å². The van der Waals surface area contributed by atoms with Crippen molar-refractivity contribution in [3.63, 3.8) is 0 Å². The van der Waals surface area contributed by atoms with Gasteiger partial charge in [-0.25, -0.2) is 0 Å². The third-order valence-electron chi connectivity index (χ3n) is 3.36. The lowest BCUT2D eigenvalue weighted by Crippen LogP contribution is -2.12. The van der Waals surface area contributed by atoms with Crippen molar-refractivity contribution >= 4 is 11.9 Å². The van der Waals surface area contributed by atoms with E-state index < -0.39 is 0 Å². The van der Waals surface area contributed by atoms with E-state index in [4.69, 9.17) is 4.74 Å². The first kappa shape index (κ1) is 15.1. The third kappa shape index (κ3) is 3.63. The molecule has 2 rings (SSSR count). The molecule has 0 aliphatic rings. The Morgan fingerprint density at radius 3 is 2.29 bits per heavy atom. The Morgan fingerprint density at radius 1 is 1.05 bits per heavy atom. The molecule has 2 aromatic carbocycles. The van der Waals surface area contributed by atoms with Crippen molar-refractivity contribution in [2.24, 2.45) is 0 Å². The monoisotopic (exact) mass is 283 g/mol. The molecule has 0 radical (unpaired) electrons. The SMILES string of the molecule is COc1ccc(C(C)(C)C)cc1/C=[N+](\[O-])c1ccccc1. The summed E-state index contributed by atoms with van der Waals surface area (Å²) in [4.78, 5) is 0. The predicted octanol–water partition coefficient (Wildman–Crippen LogP) is 4.25. The lowest BCUT2D eigenvalue weighted by Gasteiger charge is -2.20. The second kappa shape index (κ2) is 6.00. The Bertz CT molecular complexity index is 640. The first-order valence-corrected chi connectivity index (χ1v) is 6.96. The highest BCUT2D eigenvalue weighted by Gasteiger charge is 2.16. The number of rotatable bonds is 3. The number of para-hydroxylation sites is 1.